The van der Waals surface area contributed by atoms with Gasteiger partial charge in [0.15, 0.2) is 0 Å². The van der Waals surface area contributed by atoms with Gasteiger partial charge >= 0.3 is 0 Å². The summed E-state index contributed by atoms with van der Waals surface area (Å²) in [5, 5.41) is 22.1. The van der Waals surface area contributed by atoms with E-state index in [0.717, 1.165) is 68.9 Å². The van der Waals surface area contributed by atoms with Gasteiger partial charge in [-0.3, -0.25) is 0 Å². The highest BCUT2D eigenvalue weighted by Gasteiger charge is 2.15. The van der Waals surface area contributed by atoms with Crippen molar-refractivity contribution in [2.45, 2.75) is 12.8 Å². The Hall–Kier alpha value is -1.60. The first-order valence-corrected chi connectivity index (χ1v) is 12.7. The van der Waals surface area contributed by atoms with Crippen molar-refractivity contribution in [1.29, 1.82) is 0 Å². The van der Waals surface area contributed by atoms with Crippen LogP contribution >= 0.6 is 23.5 Å². The highest BCUT2D eigenvalue weighted by atomic mass is 32.2. The van der Waals surface area contributed by atoms with Gasteiger partial charge in [0, 0.05) is 33.1 Å². The second-order valence-corrected chi connectivity index (χ2v) is 9.27. The van der Waals surface area contributed by atoms with Crippen molar-refractivity contribution in [1.82, 2.24) is 0 Å². The second-order valence-electron chi connectivity index (χ2n) is 6.83. The van der Waals surface area contributed by atoms with Gasteiger partial charge in [-0.25, -0.2) is 0 Å². The lowest BCUT2D eigenvalue weighted by Gasteiger charge is -2.18. The Bertz CT molecular complexity index is 785. The monoisotopic (exact) mass is 446 g/mol. The highest BCUT2D eigenvalue weighted by Crippen LogP contribution is 2.42. The first-order chi connectivity index (χ1) is 14.9. The van der Waals surface area contributed by atoms with E-state index in [1.165, 1.54) is 0 Å². The van der Waals surface area contributed by atoms with Crippen molar-refractivity contribution < 1.29 is 19.7 Å². The number of fused-ring (bicyclic) bond motifs is 2. The zero-order valence-corrected chi connectivity index (χ0v) is 18.9. The minimum absolute atomic E-state index is 0.225. The third-order valence-corrected chi connectivity index (χ3v) is 6.76. The molecule has 0 aliphatic heterocycles. The van der Waals surface area contributed by atoms with Gasteiger partial charge in [-0.1, -0.05) is 48.5 Å². The van der Waals surface area contributed by atoms with E-state index in [4.69, 9.17) is 19.7 Å². The van der Waals surface area contributed by atoms with Crippen molar-refractivity contribution in [3.05, 3.63) is 48.5 Å². The zero-order valence-electron chi connectivity index (χ0n) is 17.2. The van der Waals surface area contributed by atoms with Crippen LogP contribution in [-0.2, 0) is 0 Å². The van der Waals surface area contributed by atoms with E-state index in [1.807, 2.05) is 24.3 Å². The summed E-state index contributed by atoms with van der Waals surface area (Å²) in [6.45, 7) is 1.74. The molecule has 0 bridgehead atoms. The molecule has 0 atom stereocenters. The second kappa shape index (κ2) is 13.0. The molecule has 30 heavy (non-hydrogen) atoms. The number of ether oxygens (including phenoxy) is 2. The van der Waals surface area contributed by atoms with E-state index < -0.39 is 0 Å². The molecular weight excluding hydrogens is 416 g/mol. The number of rotatable bonds is 14. The van der Waals surface area contributed by atoms with Gasteiger partial charge in [0.1, 0.15) is 11.5 Å². The van der Waals surface area contributed by atoms with Crippen LogP contribution in [0.5, 0.6) is 11.5 Å². The van der Waals surface area contributed by atoms with Gasteiger partial charge in [0.25, 0.3) is 0 Å². The molecule has 0 saturated heterocycles. The van der Waals surface area contributed by atoms with Gasteiger partial charge in [-0.2, -0.15) is 23.5 Å². The Kier molecular flexibility index (Phi) is 9.96. The number of aliphatic hydroxyl groups excluding tert-OH is 2. The van der Waals surface area contributed by atoms with E-state index in [-0.39, 0.29) is 13.2 Å². The minimum atomic E-state index is 0.225. The number of hydrogen-bond donors (Lipinski definition) is 2. The first-order valence-electron chi connectivity index (χ1n) is 10.4. The molecule has 0 spiro atoms. The topological polar surface area (TPSA) is 58.9 Å². The van der Waals surface area contributed by atoms with Crippen molar-refractivity contribution in [3.63, 3.8) is 0 Å². The maximum Gasteiger partial charge on any atom is 0.135 e. The SMILES string of the molecule is OCCSCCCOc1c2ccccc2c(OCCCSCCO)c2ccccc12. The van der Waals surface area contributed by atoms with Gasteiger partial charge < -0.3 is 19.7 Å². The molecule has 0 unspecified atom stereocenters. The van der Waals surface area contributed by atoms with E-state index in [2.05, 4.69) is 24.3 Å². The van der Waals surface area contributed by atoms with E-state index in [0.29, 0.717) is 13.2 Å². The molecule has 2 N–H and O–H groups in total. The summed E-state index contributed by atoms with van der Waals surface area (Å²) in [4.78, 5) is 0. The lowest BCUT2D eigenvalue weighted by molar-refractivity contribution is 0.318. The number of hydrogen-bond acceptors (Lipinski definition) is 6. The van der Waals surface area contributed by atoms with Crippen molar-refractivity contribution >= 4 is 45.1 Å². The maximum absolute atomic E-state index is 8.90. The minimum Gasteiger partial charge on any atom is -0.492 e. The highest BCUT2D eigenvalue weighted by molar-refractivity contribution is 7.99. The van der Waals surface area contributed by atoms with Crippen LogP contribution < -0.4 is 9.47 Å². The molecule has 0 radical (unpaired) electrons. The Morgan fingerprint density at radius 2 is 0.933 bits per heavy atom. The summed E-state index contributed by atoms with van der Waals surface area (Å²) in [5.74, 6) is 5.34. The lowest BCUT2D eigenvalue weighted by Crippen LogP contribution is -2.04. The molecule has 4 nitrogen and oxygen atoms in total. The fourth-order valence-electron chi connectivity index (χ4n) is 3.36. The molecule has 0 aromatic heterocycles. The van der Waals surface area contributed by atoms with Crippen LogP contribution in [0.15, 0.2) is 48.5 Å². The van der Waals surface area contributed by atoms with Crippen LogP contribution in [-0.4, -0.2) is 59.7 Å². The standard InChI is InChI=1S/C24H30O4S2/c25-11-17-29-15-5-13-27-23-19-7-1-2-8-20(19)24(22-10-4-3-9-21(22)23)28-14-6-16-30-18-12-26/h1-4,7-10,25-26H,5-6,11-18H2. The summed E-state index contributed by atoms with van der Waals surface area (Å²) in [6.07, 6.45) is 1.88. The average Bonchev–Trinajstić information content (AvgIpc) is 2.79. The van der Waals surface area contributed by atoms with Crippen LogP contribution in [0.4, 0.5) is 0 Å². The number of thioether (sulfide) groups is 2. The average molecular weight is 447 g/mol. The first kappa shape index (κ1) is 23.1. The summed E-state index contributed by atoms with van der Waals surface area (Å²) in [5.41, 5.74) is 0. The van der Waals surface area contributed by atoms with Crippen molar-refractivity contribution in [2.75, 3.05) is 49.4 Å². The summed E-state index contributed by atoms with van der Waals surface area (Å²) in [7, 11) is 0. The van der Waals surface area contributed by atoms with Gasteiger partial charge in [-0.15, -0.1) is 0 Å². The zero-order chi connectivity index (χ0) is 21.0. The third kappa shape index (κ3) is 6.20. The fourth-order valence-corrected chi connectivity index (χ4v) is 4.67. The Balaban J connectivity index is 1.81. The third-order valence-electron chi connectivity index (χ3n) is 4.66. The van der Waals surface area contributed by atoms with Crippen LogP contribution in [0.2, 0.25) is 0 Å². The predicted octanol–water partition coefficient (Wildman–Crippen LogP) is 4.98. The molecule has 0 heterocycles. The Morgan fingerprint density at radius 1 is 0.567 bits per heavy atom. The molecule has 0 aliphatic carbocycles. The van der Waals surface area contributed by atoms with Crippen molar-refractivity contribution in [2.24, 2.45) is 0 Å². The maximum atomic E-state index is 8.90. The van der Waals surface area contributed by atoms with Gasteiger partial charge in [-0.05, 0) is 24.3 Å². The number of aliphatic hydroxyl groups is 2. The summed E-state index contributed by atoms with van der Waals surface area (Å²) < 4.78 is 12.6. The normalized spacial score (nSPS) is 11.3. The fraction of sp³-hybridized carbons (Fsp3) is 0.417. The lowest BCUT2D eigenvalue weighted by atomic mass is 10.0. The van der Waals surface area contributed by atoms with Crippen LogP contribution in [0.25, 0.3) is 21.5 Å². The van der Waals surface area contributed by atoms with E-state index in [9.17, 15) is 0 Å². The summed E-state index contributed by atoms with van der Waals surface area (Å²) >= 11 is 3.50. The molecule has 3 rings (SSSR count). The molecule has 0 aliphatic rings. The van der Waals surface area contributed by atoms with E-state index >= 15 is 0 Å². The molecule has 0 fully saturated rings. The van der Waals surface area contributed by atoms with Crippen LogP contribution in [0, 0.1) is 0 Å². The van der Waals surface area contributed by atoms with E-state index in [1.54, 1.807) is 23.5 Å². The quantitative estimate of drug-likeness (QED) is 0.269. The molecule has 162 valence electrons. The predicted molar refractivity (Wildman–Crippen MR) is 130 cm³/mol. The Labute approximate surface area is 187 Å². The van der Waals surface area contributed by atoms with Crippen LogP contribution in [0.3, 0.4) is 0 Å². The molecule has 6 heteroatoms. The molecule has 3 aromatic rings. The molecule has 3 aromatic carbocycles. The largest absolute Gasteiger partial charge is 0.492 e. The van der Waals surface area contributed by atoms with Crippen LogP contribution in [0.1, 0.15) is 12.8 Å². The smallest absolute Gasteiger partial charge is 0.135 e. The molecule has 0 amide bonds. The molecular formula is C24H30O4S2. The summed E-state index contributed by atoms with van der Waals surface area (Å²) in [6, 6.07) is 16.5. The number of benzene rings is 3. The molecule has 0 saturated carbocycles. The Morgan fingerprint density at radius 3 is 1.27 bits per heavy atom. The van der Waals surface area contributed by atoms with Crippen molar-refractivity contribution in [3.8, 4) is 11.5 Å². The van der Waals surface area contributed by atoms with Gasteiger partial charge in [0.05, 0.1) is 26.4 Å². The van der Waals surface area contributed by atoms with Gasteiger partial charge in [0.2, 0.25) is 0 Å².